The smallest absolute Gasteiger partial charge is 0.305 e. The van der Waals surface area contributed by atoms with Gasteiger partial charge in [0.15, 0.2) is 0 Å². The Bertz CT molecular complexity index is 1000. The summed E-state index contributed by atoms with van der Waals surface area (Å²) in [5.41, 5.74) is 0. The first-order valence-corrected chi connectivity index (χ1v) is 30.5. The number of carbonyl (C=O) groups excluding carboxylic acids is 2. The summed E-state index contributed by atoms with van der Waals surface area (Å²) in [5.74, 6) is -0.0705. The molecule has 0 aliphatic heterocycles. The minimum Gasteiger partial charge on any atom is -0.466 e. The third kappa shape index (κ3) is 53.8. The number of nitrogens with one attached hydrogen (secondary N) is 1. The molecule has 0 aliphatic rings. The minimum absolute atomic E-state index is 0.00201. The van der Waals surface area contributed by atoms with E-state index in [1.54, 1.807) is 6.08 Å². The van der Waals surface area contributed by atoms with Crippen molar-refractivity contribution in [2.45, 2.75) is 353 Å². The van der Waals surface area contributed by atoms with Gasteiger partial charge in [-0.3, -0.25) is 9.59 Å². The van der Waals surface area contributed by atoms with E-state index >= 15 is 0 Å². The van der Waals surface area contributed by atoms with Crippen molar-refractivity contribution in [1.29, 1.82) is 0 Å². The van der Waals surface area contributed by atoms with E-state index in [0.29, 0.717) is 19.4 Å². The number of amides is 1. The van der Waals surface area contributed by atoms with Crippen molar-refractivity contribution in [1.82, 2.24) is 5.32 Å². The number of hydrogen-bond acceptors (Lipinski definition) is 5. The van der Waals surface area contributed by atoms with Crippen LogP contribution in [0.15, 0.2) is 12.2 Å². The van der Waals surface area contributed by atoms with Crippen LogP contribution < -0.4 is 5.32 Å². The van der Waals surface area contributed by atoms with Gasteiger partial charge in [-0.05, 0) is 32.1 Å². The molecule has 0 aromatic carbocycles. The van der Waals surface area contributed by atoms with Gasteiger partial charge in [-0.1, -0.05) is 309 Å². The summed E-state index contributed by atoms with van der Waals surface area (Å²) in [7, 11) is 0. The topological polar surface area (TPSA) is 95.9 Å². The van der Waals surface area contributed by atoms with Crippen molar-refractivity contribution < 1.29 is 24.5 Å². The maximum Gasteiger partial charge on any atom is 0.305 e. The van der Waals surface area contributed by atoms with Crippen molar-refractivity contribution in [2.75, 3.05) is 13.2 Å². The summed E-state index contributed by atoms with van der Waals surface area (Å²) in [6.07, 6.45) is 68.1. The second kappa shape index (κ2) is 57.2. The average molecular weight is 947 g/mol. The lowest BCUT2D eigenvalue weighted by atomic mass is 10.0. The molecule has 0 saturated carbocycles. The summed E-state index contributed by atoms with van der Waals surface area (Å²) >= 11 is 0. The number of hydrogen-bond donors (Lipinski definition) is 3. The summed E-state index contributed by atoms with van der Waals surface area (Å²) in [4.78, 5) is 24.5. The van der Waals surface area contributed by atoms with E-state index in [9.17, 15) is 19.8 Å². The molecule has 1 amide bonds. The highest BCUT2D eigenvalue weighted by Crippen LogP contribution is 2.18. The summed E-state index contributed by atoms with van der Waals surface area (Å²) in [6.45, 7) is 4.92. The molecular formula is C61H119NO5. The zero-order chi connectivity index (χ0) is 48.6. The number of unbranched alkanes of at least 4 members (excludes halogenated alkanes) is 46. The van der Waals surface area contributed by atoms with Gasteiger partial charge in [-0.15, -0.1) is 0 Å². The average Bonchev–Trinajstić information content (AvgIpc) is 3.33. The first-order chi connectivity index (χ1) is 33.0. The van der Waals surface area contributed by atoms with Gasteiger partial charge in [0.1, 0.15) is 0 Å². The third-order valence-electron chi connectivity index (χ3n) is 14.3. The van der Waals surface area contributed by atoms with Crippen LogP contribution in [-0.2, 0) is 14.3 Å². The number of aliphatic hydroxyl groups excluding tert-OH is 2. The quantitative estimate of drug-likeness (QED) is 0.0321. The molecule has 3 N–H and O–H groups in total. The van der Waals surface area contributed by atoms with E-state index in [4.69, 9.17) is 4.74 Å². The van der Waals surface area contributed by atoms with E-state index in [1.165, 1.54) is 270 Å². The number of ether oxygens (including phenoxy) is 1. The molecule has 0 rings (SSSR count). The Labute approximate surface area is 419 Å². The lowest BCUT2D eigenvalue weighted by Gasteiger charge is -2.20. The van der Waals surface area contributed by atoms with Crippen molar-refractivity contribution in [3.63, 3.8) is 0 Å². The van der Waals surface area contributed by atoms with Crippen LogP contribution in [0.3, 0.4) is 0 Å². The molecule has 0 aromatic rings. The maximum atomic E-state index is 12.5. The largest absolute Gasteiger partial charge is 0.466 e. The number of carbonyl (C=O) groups is 2. The molecule has 0 aromatic heterocycles. The second-order valence-corrected chi connectivity index (χ2v) is 21.0. The molecule has 0 heterocycles. The fourth-order valence-electron chi connectivity index (χ4n) is 9.64. The molecule has 2 atom stereocenters. The third-order valence-corrected chi connectivity index (χ3v) is 14.3. The summed E-state index contributed by atoms with van der Waals surface area (Å²) in [5, 5.41) is 23.2. The lowest BCUT2D eigenvalue weighted by molar-refractivity contribution is -0.143. The predicted octanol–water partition coefficient (Wildman–Crippen LogP) is 18.9. The molecule has 67 heavy (non-hydrogen) atoms. The Hall–Kier alpha value is -1.40. The Morgan fingerprint density at radius 1 is 0.403 bits per heavy atom. The second-order valence-electron chi connectivity index (χ2n) is 21.0. The van der Waals surface area contributed by atoms with Crippen LogP contribution in [-0.4, -0.2) is 47.4 Å². The van der Waals surface area contributed by atoms with Crippen molar-refractivity contribution >= 4 is 11.9 Å². The fraction of sp³-hybridized carbons (Fsp3) is 0.934. The normalized spacial score (nSPS) is 12.6. The van der Waals surface area contributed by atoms with E-state index in [0.717, 1.165) is 44.9 Å². The molecule has 6 heteroatoms. The molecule has 0 saturated heterocycles. The first kappa shape index (κ1) is 65.6. The highest BCUT2D eigenvalue weighted by molar-refractivity contribution is 5.76. The van der Waals surface area contributed by atoms with Crippen molar-refractivity contribution in [3.05, 3.63) is 12.2 Å². The molecular weight excluding hydrogens is 827 g/mol. The van der Waals surface area contributed by atoms with Crippen LogP contribution in [0.4, 0.5) is 0 Å². The van der Waals surface area contributed by atoms with E-state index in [-0.39, 0.29) is 18.5 Å². The van der Waals surface area contributed by atoms with E-state index in [2.05, 4.69) is 19.2 Å². The Kier molecular flexibility index (Phi) is 56.0. The van der Waals surface area contributed by atoms with E-state index in [1.807, 2.05) is 6.08 Å². The number of esters is 1. The maximum absolute atomic E-state index is 12.5. The van der Waals surface area contributed by atoms with Crippen molar-refractivity contribution in [3.8, 4) is 0 Å². The molecule has 0 bridgehead atoms. The Balaban J connectivity index is 3.46. The van der Waals surface area contributed by atoms with Crippen molar-refractivity contribution in [2.24, 2.45) is 0 Å². The Morgan fingerprint density at radius 3 is 1.01 bits per heavy atom. The Morgan fingerprint density at radius 2 is 0.687 bits per heavy atom. The van der Waals surface area contributed by atoms with Crippen LogP contribution in [0.5, 0.6) is 0 Å². The monoisotopic (exact) mass is 946 g/mol. The molecule has 6 nitrogen and oxygen atoms in total. The van der Waals surface area contributed by atoms with E-state index < -0.39 is 12.1 Å². The predicted molar refractivity (Wildman–Crippen MR) is 292 cm³/mol. The van der Waals surface area contributed by atoms with Gasteiger partial charge in [-0.2, -0.15) is 0 Å². The first-order valence-electron chi connectivity index (χ1n) is 30.5. The van der Waals surface area contributed by atoms with Gasteiger partial charge in [0.05, 0.1) is 25.4 Å². The SMILES string of the molecule is CCCCCCCCCCCCCCCCCCCCCC/C=C/C(O)C(CO)NC(=O)CCCCCCCCCCCCCCCCCOC(=O)CCCCCCCCCCCCCCC. The highest BCUT2D eigenvalue weighted by Gasteiger charge is 2.18. The van der Waals surface area contributed by atoms with Gasteiger partial charge in [0.25, 0.3) is 0 Å². The summed E-state index contributed by atoms with van der Waals surface area (Å²) in [6, 6.07) is -0.634. The summed E-state index contributed by atoms with van der Waals surface area (Å²) < 4.78 is 5.47. The van der Waals surface area contributed by atoms with Gasteiger partial charge in [0.2, 0.25) is 5.91 Å². The van der Waals surface area contributed by atoms with Crippen LogP contribution in [0, 0.1) is 0 Å². The molecule has 398 valence electrons. The minimum atomic E-state index is -0.850. The highest BCUT2D eigenvalue weighted by atomic mass is 16.5. The molecule has 0 spiro atoms. The molecule has 2 unspecified atom stereocenters. The number of aliphatic hydroxyl groups is 2. The van der Waals surface area contributed by atoms with Gasteiger partial charge in [-0.25, -0.2) is 0 Å². The van der Waals surface area contributed by atoms with Crippen LogP contribution >= 0.6 is 0 Å². The van der Waals surface area contributed by atoms with Crippen LogP contribution in [0.1, 0.15) is 341 Å². The van der Waals surface area contributed by atoms with Crippen LogP contribution in [0.2, 0.25) is 0 Å². The number of rotatable bonds is 57. The standard InChI is InChI=1S/C61H119NO5/c1-3-5-7-9-11-13-15-17-18-19-20-21-22-23-24-26-30-33-37-41-45-49-53-59(64)58(57-63)62-60(65)54-50-46-42-38-34-31-27-25-28-32-36-40-44-48-52-56-67-61(66)55-51-47-43-39-35-29-16-14-12-10-8-6-4-2/h49,53,58-59,63-64H,3-48,50-52,54-57H2,1-2H3,(H,62,65)/b53-49+. The zero-order valence-electron chi connectivity index (χ0n) is 45.4. The van der Waals surface area contributed by atoms with Gasteiger partial charge < -0.3 is 20.3 Å². The molecule has 0 aliphatic carbocycles. The number of allylic oxidation sites excluding steroid dienone is 1. The lowest BCUT2D eigenvalue weighted by Crippen LogP contribution is -2.45. The molecule has 0 fully saturated rings. The van der Waals surface area contributed by atoms with Gasteiger partial charge in [0, 0.05) is 12.8 Å². The fourth-order valence-corrected chi connectivity index (χ4v) is 9.64. The van der Waals surface area contributed by atoms with Gasteiger partial charge >= 0.3 is 5.97 Å². The molecule has 0 radical (unpaired) electrons. The van der Waals surface area contributed by atoms with Crippen LogP contribution in [0.25, 0.3) is 0 Å². The zero-order valence-corrected chi connectivity index (χ0v) is 45.4.